The molecule has 0 amide bonds. The van der Waals surface area contributed by atoms with Crippen molar-refractivity contribution < 1.29 is 9.50 Å². The Morgan fingerprint density at radius 3 is 2.67 bits per heavy atom. The van der Waals surface area contributed by atoms with Gasteiger partial charge in [-0.05, 0) is 43.6 Å². The molecule has 80 valence electrons. The molecule has 0 radical (unpaired) electrons. The Balaban J connectivity index is 2.04. The van der Waals surface area contributed by atoms with Crippen molar-refractivity contribution in [3.63, 3.8) is 0 Å². The van der Waals surface area contributed by atoms with Crippen LogP contribution in [-0.4, -0.2) is 5.11 Å². The van der Waals surface area contributed by atoms with Crippen molar-refractivity contribution in [3.05, 3.63) is 35.6 Å². The van der Waals surface area contributed by atoms with E-state index in [1.165, 1.54) is 12.5 Å². The summed E-state index contributed by atoms with van der Waals surface area (Å²) in [7, 11) is 0. The summed E-state index contributed by atoms with van der Waals surface area (Å²) in [4.78, 5) is 0. The Morgan fingerprint density at radius 2 is 2.07 bits per heavy atom. The van der Waals surface area contributed by atoms with Gasteiger partial charge in [0.2, 0.25) is 0 Å². The molecular formula is C13H15FO. The first kappa shape index (κ1) is 9.34. The highest BCUT2D eigenvalue weighted by atomic mass is 19.1. The van der Waals surface area contributed by atoms with Crippen LogP contribution in [0.1, 0.15) is 31.2 Å². The van der Waals surface area contributed by atoms with Gasteiger partial charge in [-0.2, -0.15) is 0 Å². The van der Waals surface area contributed by atoms with Crippen LogP contribution in [-0.2, 0) is 5.60 Å². The summed E-state index contributed by atoms with van der Waals surface area (Å²) in [6, 6.07) is 6.66. The van der Waals surface area contributed by atoms with Crippen LogP contribution in [0.2, 0.25) is 0 Å². The summed E-state index contributed by atoms with van der Waals surface area (Å²) in [5.74, 6) is 0.631. The van der Waals surface area contributed by atoms with E-state index in [-0.39, 0.29) is 11.7 Å². The molecule has 2 aliphatic rings. The SMILES string of the molecule is OC1(c2ccccc2F)CC2CCC1C2. The Labute approximate surface area is 88.9 Å². The summed E-state index contributed by atoms with van der Waals surface area (Å²) in [6.45, 7) is 0. The lowest BCUT2D eigenvalue weighted by atomic mass is 9.79. The highest BCUT2D eigenvalue weighted by Gasteiger charge is 2.51. The molecule has 2 saturated carbocycles. The fourth-order valence-corrected chi connectivity index (χ4v) is 3.44. The monoisotopic (exact) mass is 206 g/mol. The molecule has 0 saturated heterocycles. The van der Waals surface area contributed by atoms with Crippen LogP contribution in [0.3, 0.4) is 0 Å². The van der Waals surface area contributed by atoms with Crippen molar-refractivity contribution in [1.29, 1.82) is 0 Å². The number of halogens is 1. The van der Waals surface area contributed by atoms with Crippen LogP contribution in [0.15, 0.2) is 24.3 Å². The van der Waals surface area contributed by atoms with Gasteiger partial charge in [-0.1, -0.05) is 18.2 Å². The van der Waals surface area contributed by atoms with Gasteiger partial charge in [0.1, 0.15) is 5.82 Å². The van der Waals surface area contributed by atoms with E-state index >= 15 is 0 Å². The molecule has 2 heteroatoms. The van der Waals surface area contributed by atoms with E-state index in [0.29, 0.717) is 11.5 Å². The number of aliphatic hydroxyl groups is 1. The van der Waals surface area contributed by atoms with E-state index in [1.807, 2.05) is 6.07 Å². The minimum absolute atomic E-state index is 0.257. The molecule has 1 aromatic carbocycles. The highest BCUT2D eigenvalue weighted by Crippen LogP contribution is 2.55. The summed E-state index contributed by atoms with van der Waals surface area (Å²) in [5, 5.41) is 10.6. The highest BCUT2D eigenvalue weighted by molar-refractivity contribution is 5.27. The van der Waals surface area contributed by atoms with Gasteiger partial charge in [-0.25, -0.2) is 4.39 Å². The van der Waals surface area contributed by atoms with Gasteiger partial charge in [0.05, 0.1) is 5.60 Å². The molecule has 3 unspecified atom stereocenters. The van der Waals surface area contributed by atoms with Crippen molar-refractivity contribution in [2.24, 2.45) is 11.8 Å². The molecule has 2 bridgehead atoms. The smallest absolute Gasteiger partial charge is 0.129 e. The first-order valence-electron chi connectivity index (χ1n) is 5.67. The van der Waals surface area contributed by atoms with Crippen LogP contribution >= 0.6 is 0 Å². The van der Waals surface area contributed by atoms with Gasteiger partial charge in [0.25, 0.3) is 0 Å². The van der Waals surface area contributed by atoms with Crippen molar-refractivity contribution in [2.75, 3.05) is 0 Å². The fraction of sp³-hybridized carbons (Fsp3) is 0.538. The van der Waals surface area contributed by atoms with Gasteiger partial charge in [0.15, 0.2) is 0 Å². The van der Waals surface area contributed by atoms with Crippen LogP contribution in [0.5, 0.6) is 0 Å². The second kappa shape index (κ2) is 3.05. The average molecular weight is 206 g/mol. The van der Waals surface area contributed by atoms with Gasteiger partial charge in [-0.3, -0.25) is 0 Å². The zero-order valence-corrected chi connectivity index (χ0v) is 8.62. The second-order valence-electron chi connectivity index (χ2n) is 4.98. The molecule has 1 aromatic rings. The minimum Gasteiger partial charge on any atom is -0.385 e. The number of fused-ring (bicyclic) bond motifs is 2. The van der Waals surface area contributed by atoms with E-state index in [9.17, 15) is 9.50 Å². The summed E-state index contributed by atoms with van der Waals surface area (Å²) < 4.78 is 13.7. The van der Waals surface area contributed by atoms with Gasteiger partial charge in [-0.15, -0.1) is 0 Å². The number of hydrogen-bond acceptors (Lipinski definition) is 1. The second-order valence-corrected chi connectivity index (χ2v) is 4.98. The zero-order valence-electron chi connectivity index (χ0n) is 8.62. The van der Waals surface area contributed by atoms with Crippen molar-refractivity contribution in [2.45, 2.75) is 31.3 Å². The van der Waals surface area contributed by atoms with Gasteiger partial charge >= 0.3 is 0 Å². The summed E-state index contributed by atoms with van der Waals surface area (Å²) >= 11 is 0. The lowest BCUT2D eigenvalue weighted by Gasteiger charge is -2.33. The molecule has 1 nitrogen and oxygen atoms in total. The van der Waals surface area contributed by atoms with Crippen LogP contribution < -0.4 is 0 Å². The first-order valence-corrected chi connectivity index (χ1v) is 5.67. The molecule has 15 heavy (non-hydrogen) atoms. The third-order valence-electron chi connectivity index (χ3n) is 4.16. The maximum atomic E-state index is 13.7. The van der Waals surface area contributed by atoms with E-state index in [2.05, 4.69) is 0 Å². The average Bonchev–Trinajstić information content (AvgIpc) is 2.78. The number of benzene rings is 1. The maximum Gasteiger partial charge on any atom is 0.129 e. The van der Waals surface area contributed by atoms with Crippen molar-refractivity contribution in [1.82, 2.24) is 0 Å². The van der Waals surface area contributed by atoms with E-state index in [0.717, 1.165) is 19.3 Å². The Kier molecular flexibility index (Phi) is 1.90. The van der Waals surface area contributed by atoms with E-state index in [1.54, 1.807) is 12.1 Å². The van der Waals surface area contributed by atoms with Gasteiger partial charge < -0.3 is 5.11 Å². The Morgan fingerprint density at radius 1 is 1.27 bits per heavy atom. The quantitative estimate of drug-likeness (QED) is 0.749. The maximum absolute atomic E-state index is 13.7. The molecule has 1 N–H and O–H groups in total. The van der Waals surface area contributed by atoms with Crippen LogP contribution in [0.4, 0.5) is 4.39 Å². The lowest BCUT2D eigenvalue weighted by molar-refractivity contribution is -0.0212. The lowest BCUT2D eigenvalue weighted by Crippen LogP contribution is -2.33. The van der Waals surface area contributed by atoms with Crippen LogP contribution in [0.25, 0.3) is 0 Å². The zero-order chi connectivity index (χ0) is 10.5. The molecule has 3 rings (SSSR count). The standard InChI is InChI=1S/C13H15FO/c14-12-4-2-1-3-11(12)13(15)8-9-5-6-10(13)7-9/h1-4,9-10,15H,5-8H2. The first-order chi connectivity index (χ1) is 7.20. The molecule has 3 atom stereocenters. The Hall–Kier alpha value is -0.890. The van der Waals surface area contributed by atoms with E-state index < -0.39 is 5.60 Å². The third kappa shape index (κ3) is 1.24. The summed E-state index contributed by atoms with van der Waals surface area (Å²) in [5.41, 5.74) is -0.369. The molecule has 0 heterocycles. The van der Waals surface area contributed by atoms with E-state index in [4.69, 9.17) is 0 Å². The fourth-order valence-electron chi connectivity index (χ4n) is 3.44. The molecule has 0 spiro atoms. The summed E-state index contributed by atoms with van der Waals surface area (Å²) in [6.07, 6.45) is 4.08. The predicted octanol–water partition coefficient (Wildman–Crippen LogP) is 2.83. The topological polar surface area (TPSA) is 20.2 Å². The largest absolute Gasteiger partial charge is 0.385 e. The Bertz CT molecular complexity index is 390. The van der Waals surface area contributed by atoms with Crippen molar-refractivity contribution in [3.8, 4) is 0 Å². The number of rotatable bonds is 1. The molecule has 2 fully saturated rings. The molecule has 0 aliphatic heterocycles. The molecule has 0 aromatic heterocycles. The van der Waals surface area contributed by atoms with Crippen LogP contribution in [0, 0.1) is 17.7 Å². The third-order valence-corrected chi connectivity index (χ3v) is 4.16. The normalized spacial score (nSPS) is 38.5. The number of hydrogen-bond donors (Lipinski definition) is 1. The van der Waals surface area contributed by atoms with Crippen molar-refractivity contribution >= 4 is 0 Å². The molecule has 2 aliphatic carbocycles. The van der Waals surface area contributed by atoms with Gasteiger partial charge in [0, 0.05) is 5.56 Å². The minimum atomic E-state index is -0.881. The molecular weight excluding hydrogens is 191 g/mol. The predicted molar refractivity (Wildman–Crippen MR) is 55.7 cm³/mol.